The standard InChI is InChI=1S/C12H12O2/c1-7-4-2-3-5-8(7)10-9-6-14-12(13)11(9)10/h2-5,9-11H,6H2,1H3/t9-,10-,11-/m1/s1. The van der Waals surface area contributed by atoms with Crippen molar-refractivity contribution in [3.63, 3.8) is 0 Å². The summed E-state index contributed by atoms with van der Waals surface area (Å²) in [4.78, 5) is 11.3. The molecule has 1 aromatic rings. The van der Waals surface area contributed by atoms with Crippen LogP contribution in [-0.2, 0) is 9.53 Å². The molecule has 0 radical (unpaired) electrons. The van der Waals surface area contributed by atoms with E-state index in [0.29, 0.717) is 18.4 Å². The first-order chi connectivity index (χ1) is 6.79. The van der Waals surface area contributed by atoms with Gasteiger partial charge in [0.15, 0.2) is 0 Å². The molecule has 1 aromatic carbocycles. The summed E-state index contributed by atoms with van der Waals surface area (Å²) >= 11 is 0. The first-order valence-corrected chi connectivity index (χ1v) is 5.01. The predicted molar refractivity (Wildman–Crippen MR) is 51.9 cm³/mol. The molecule has 0 unspecified atom stereocenters. The number of aryl methyl sites for hydroxylation is 1. The van der Waals surface area contributed by atoms with E-state index < -0.39 is 0 Å². The van der Waals surface area contributed by atoms with Gasteiger partial charge in [0.2, 0.25) is 0 Å². The van der Waals surface area contributed by atoms with Crippen molar-refractivity contribution in [3.8, 4) is 0 Å². The minimum atomic E-state index is 0.00301. The number of rotatable bonds is 1. The van der Waals surface area contributed by atoms with Gasteiger partial charge in [0.1, 0.15) is 0 Å². The smallest absolute Gasteiger partial charge is 0.310 e. The highest BCUT2D eigenvalue weighted by Gasteiger charge is 2.61. The molecule has 2 nitrogen and oxygen atoms in total. The van der Waals surface area contributed by atoms with Crippen LogP contribution < -0.4 is 0 Å². The lowest BCUT2D eigenvalue weighted by molar-refractivity contribution is -0.141. The molecule has 72 valence electrons. The van der Waals surface area contributed by atoms with E-state index in [1.165, 1.54) is 11.1 Å². The molecule has 0 bridgehead atoms. The lowest BCUT2D eigenvalue weighted by Crippen LogP contribution is -2.04. The van der Waals surface area contributed by atoms with Crippen LogP contribution >= 0.6 is 0 Å². The van der Waals surface area contributed by atoms with Crippen molar-refractivity contribution in [2.24, 2.45) is 11.8 Å². The monoisotopic (exact) mass is 188 g/mol. The Bertz CT molecular complexity index is 397. The minimum absolute atomic E-state index is 0.00301. The molecule has 2 aliphatic rings. The van der Waals surface area contributed by atoms with Gasteiger partial charge in [-0.2, -0.15) is 0 Å². The zero-order valence-electron chi connectivity index (χ0n) is 8.07. The summed E-state index contributed by atoms with van der Waals surface area (Å²) in [5.74, 6) is 1.07. The number of hydrogen-bond donors (Lipinski definition) is 0. The Hall–Kier alpha value is -1.31. The highest BCUT2D eigenvalue weighted by atomic mass is 16.5. The zero-order valence-corrected chi connectivity index (χ0v) is 8.07. The van der Waals surface area contributed by atoms with Gasteiger partial charge in [-0.1, -0.05) is 24.3 Å². The summed E-state index contributed by atoms with van der Waals surface area (Å²) in [6.07, 6.45) is 0. The van der Waals surface area contributed by atoms with Crippen molar-refractivity contribution in [1.29, 1.82) is 0 Å². The molecule has 14 heavy (non-hydrogen) atoms. The molecule has 1 saturated heterocycles. The summed E-state index contributed by atoms with van der Waals surface area (Å²) in [7, 11) is 0. The minimum Gasteiger partial charge on any atom is -0.465 e. The molecule has 0 amide bonds. The molecule has 2 heteroatoms. The third-order valence-corrected chi connectivity index (χ3v) is 3.41. The van der Waals surface area contributed by atoms with E-state index in [-0.39, 0.29) is 11.9 Å². The van der Waals surface area contributed by atoms with E-state index in [4.69, 9.17) is 4.74 Å². The van der Waals surface area contributed by atoms with Gasteiger partial charge in [-0.15, -0.1) is 0 Å². The quantitative estimate of drug-likeness (QED) is 0.629. The molecule has 3 atom stereocenters. The van der Waals surface area contributed by atoms with Crippen LogP contribution in [0.2, 0.25) is 0 Å². The highest BCUT2D eigenvalue weighted by molar-refractivity contribution is 5.81. The average Bonchev–Trinajstić information content (AvgIpc) is 2.78. The van der Waals surface area contributed by atoms with Crippen molar-refractivity contribution in [3.05, 3.63) is 35.4 Å². The lowest BCUT2D eigenvalue weighted by atomic mass is 10.0. The topological polar surface area (TPSA) is 26.3 Å². The van der Waals surface area contributed by atoms with E-state index >= 15 is 0 Å². The van der Waals surface area contributed by atoms with Crippen LogP contribution in [-0.4, -0.2) is 12.6 Å². The van der Waals surface area contributed by atoms with E-state index in [0.717, 1.165) is 0 Å². The molecule has 0 aromatic heterocycles. The second-order valence-electron chi connectivity index (χ2n) is 4.20. The van der Waals surface area contributed by atoms with Crippen LogP contribution in [0.1, 0.15) is 17.0 Å². The van der Waals surface area contributed by atoms with Crippen molar-refractivity contribution in [2.45, 2.75) is 12.8 Å². The second kappa shape index (κ2) is 2.59. The summed E-state index contributed by atoms with van der Waals surface area (Å²) in [6, 6.07) is 8.32. The fourth-order valence-corrected chi connectivity index (χ4v) is 2.56. The lowest BCUT2D eigenvalue weighted by Gasteiger charge is -2.07. The summed E-state index contributed by atoms with van der Waals surface area (Å²) in [5.41, 5.74) is 2.62. The fraction of sp³-hybridized carbons (Fsp3) is 0.417. The van der Waals surface area contributed by atoms with Gasteiger partial charge < -0.3 is 4.74 Å². The maximum absolute atomic E-state index is 11.3. The normalized spacial score (nSPS) is 33.8. The Labute approximate surface area is 82.9 Å². The molecule has 1 aliphatic heterocycles. The summed E-state index contributed by atoms with van der Waals surface area (Å²) < 4.78 is 4.97. The third kappa shape index (κ3) is 0.939. The molecule has 3 rings (SSSR count). The Morgan fingerprint density at radius 1 is 1.29 bits per heavy atom. The number of carbonyl (C=O) groups is 1. The van der Waals surface area contributed by atoms with E-state index in [1.807, 2.05) is 12.1 Å². The molecule has 0 N–H and O–H groups in total. The third-order valence-electron chi connectivity index (χ3n) is 3.41. The number of ether oxygens (including phenoxy) is 1. The average molecular weight is 188 g/mol. The van der Waals surface area contributed by atoms with E-state index in [9.17, 15) is 4.79 Å². The predicted octanol–water partition coefficient (Wildman–Crippen LogP) is 1.88. The van der Waals surface area contributed by atoms with E-state index in [2.05, 4.69) is 19.1 Å². The first-order valence-electron chi connectivity index (χ1n) is 5.01. The number of benzene rings is 1. The number of hydrogen-bond acceptors (Lipinski definition) is 2. The van der Waals surface area contributed by atoms with Gasteiger partial charge in [-0.05, 0) is 18.1 Å². The van der Waals surface area contributed by atoms with Crippen molar-refractivity contribution < 1.29 is 9.53 Å². The van der Waals surface area contributed by atoms with Crippen LogP contribution in [0.15, 0.2) is 24.3 Å². The van der Waals surface area contributed by atoms with E-state index in [1.54, 1.807) is 0 Å². The molecule has 1 saturated carbocycles. The molecular weight excluding hydrogens is 176 g/mol. The van der Waals surface area contributed by atoms with Gasteiger partial charge in [0.05, 0.1) is 12.5 Å². The number of carbonyl (C=O) groups excluding carboxylic acids is 1. The largest absolute Gasteiger partial charge is 0.465 e. The second-order valence-corrected chi connectivity index (χ2v) is 4.20. The maximum atomic E-state index is 11.3. The zero-order chi connectivity index (χ0) is 9.71. The highest BCUT2D eigenvalue weighted by Crippen LogP contribution is 2.58. The van der Waals surface area contributed by atoms with Gasteiger partial charge in [0, 0.05) is 11.8 Å². The van der Waals surface area contributed by atoms with Gasteiger partial charge in [0.25, 0.3) is 0 Å². The molecule has 2 fully saturated rings. The number of esters is 1. The van der Waals surface area contributed by atoms with Gasteiger partial charge in [-0.3, -0.25) is 4.79 Å². The first kappa shape index (κ1) is 8.04. The Morgan fingerprint density at radius 3 is 2.71 bits per heavy atom. The molecule has 0 spiro atoms. The SMILES string of the molecule is Cc1ccccc1[C@@H]1[C@H]2COC(=O)[C@H]21. The Morgan fingerprint density at radius 2 is 2.07 bits per heavy atom. The summed E-state index contributed by atoms with van der Waals surface area (Å²) in [6.45, 7) is 2.73. The number of fused-ring (bicyclic) bond motifs is 1. The molecule has 1 aliphatic carbocycles. The number of cyclic esters (lactones) is 1. The van der Waals surface area contributed by atoms with Crippen molar-refractivity contribution in [1.82, 2.24) is 0 Å². The summed E-state index contributed by atoms with van der Waals surface area (Å²) in [5, 5.41) is 0. The van der Waals surface area contributed by atoms with Gasteiger partial charge in [-0.25, -0.2) is 0 Å². The molecule has 1 heterocycles. The van der Waals surface area contributed by atoms with Crippen LogP contribution in [0.4, 0.5) is 0 Å². The van der Waals surface area contributed by atoms with Crippen molar-refractivity contribution >= 4 is 5.97 Å². The maximum Gasteiger partial charge on any atom is 0.310 e. The fourth-order valence-electron chi connectivity index (χ4n) is 2.56. The van der Waals surface area contributed by atoms with Gasteiger partial charge >= 0.3 is 5.97 Å². The molecular formula is C12H12O2. The van der Waals surface area contributed by atoms with Crippen LogP contribution in [0.3, 0.4) is 0 Å². The van der Waals surface area contributed by atoms with Crippen molar-refractivity contribution in [2.75, 3.05) is 6.61 Å². The Kier molecular flexibility index (Phi) is 1.49. The van der Waals surface area contributed by atoms with Crippen LogP contribution in [0.5, 0.6) is 0 Å². The Balaban J connectivity index is 1.93. The van der Waals surface area contributed by atoms with Crippen LogP contribution in [0.25, 0.3) is 0 Å². The van der Waals surface area contributed by atoms with Crippen LogP contribution in [0, 0.1) is 18.8 Å².